The minimum atomic E-state index is -0.970. The smallest absolute Gasteiger partial charge is 0.181 e. The number of hydrogen-bond acceptors (Lipinski definition) is 4. The van der Waals surface area contributed by atoms with E-state index >= 15 is 0 Å². The maximum Gasteiger partial charge on any atom is 0.181 e. The van der Waals surface area contributed by atoms with Crippen LogP contribution >= 0.6 is 0 Å². The van der Waals surface area contributed by atoms with Crippen LogP contribution in [0.15, 0.2) is 54.6 Å². The molecule has 0 spiro atoms. The summed E-state index contributed by atoms with van der Waals surface area (Å²) in [6.45, 7) is 16.6. The van der Waals surface area contributed by atoms with E-state index in [2.05, 4.69) is 76.0 Å². The molecule has 1 atom stereocenters. The van der Waals surface area contributed by atoms with Crippen molar-refractivity contribution in [1.29, 1.82) is 0 Å². The molecule has 182 valence electrons. The van der Waals surface area contributed by atoms with Crippen LogP contribution in [-0.2, 0) is 5.41 Å². The number of piperazine rings is 1. The van der Waals surface area contributed by atoms with E-state index in [1.54, 1.807) is 0 Å². The van der Waals surface area contributed by atoms with E-state index in [0.29, 0.717) is 5.56 Å². The third-order valence-corrected chi connectivity index (χ3v) is 8.15. The molecule has 2 heterocycles. The van der Waals surface area contributed by atoms with Crippen molar-refractivity contribution >= 4 is 11.5 Å². The molecule has 5 rings (SSSR count). The van der Waals surface area contributed by atoms with Crippen LogP contribution in [0.5, 0.6) is 5.75 Å². The minimum absolute atomic E-state index is 0.0864. The predicted molar refractivity (Wildman–Crippen MR) is 143 cm³/mol. The highest BCUT2D eigenvalue weighted by Crippen LogP contribution is 2.59. The highest BCUT2D eigenvalue weighted by molar-refractivity contribution is 6.09. The van der Waals surface area contributed by atoms with Crippen molar-refractivity contribution in [2.45, 2.75) is 52.6 Å². The van der Waals surface area contributed by atoms with Crippen LogP contribution in [0.3, 0.4) is 0 Å². The summed E-state index contributed by atoms with van der Waals surface area (Å²) in [5.41, 5.74) is 6.92. The van der Waals surface area contributed by atoms with Gasteiger partial charge in [-0.1, -0.05) is 60.2 Å². The lowest BCUT2D eigenvalue weighted by Crippen LogP contribution is -2.53. The maximum absolute atomic E-state index is 14.8. The Balaban J connectivity index is 1.88. The van der Waals surface area contributed by atoms with Gasteiger partial charge in [-0.2, -0.15) is 0 Å². The van der Waals surface area contributed by atoms with Crippen LogP contribution in [0.2, 0.25) is 0 Å². The molecule has 0 saturated carbocycles. The number of rotatable bonds is 4. The number of Topliss-reactive ketones (excluding diaryl/α,β-unsaturated/α-hetero) is 1. The number of ketones is 1. The Morgan fingerprint density at radius 3 is 2.11 bits per heavy atom. The zero-order valence-electron chi connectivity index (χ0n) is 21.8. The molecule has 3 aromatic carbocycles. The molecule has 35 heavy (non-hydrogen) atoms. The molecule has 1 unspecified atom stereocenters. The molecular weight excluding hydrogens is 432 g/mol. The molecule has 2 aliphatic rings. The molecule has 3 aromatic rings. The zero-order valence-corrected chi connectivity index (χ0v) is 21.8. The third-order valence-electron chi connectivity index (χ3n) is 8.15. The van der Waals surface area contributed by atoms with Gasteiger partial charge in [0.1, 0.15) is 16.8 Å². The molecule has 0 amide bonds. The van der Waals surface area contributed by atoms with Crippen molar-refractivity contribution in [3.05, 3.63) is 93.5 Å². The molecule has 0 radical (unpaired) electrons. The predicted octanol–water partition coefficient (Wildman–Crippen LogP) is 5.67. The standard InChI is InChI=1S/C31H36N2O2/c1-20-12-14-25(15-13-20)31(29(34)24-10-8-7-9-11-24)26-23(4)27(33-18-16-32-17-19-33)21(2)22(3)28(26)35-30(31,5)6/h7-15,32H,16-19H2,1-6H3. The quantitative estimate of drug-likeness (QED) is 0.501. The first-order valence-corrected chi connectivity index (χ1v) is 12.7. The van der Waals surface area contributed by atoms with Gasteiger partial charge in [0.05, 0.1) is 0 Å². The molecule has 4 nitrogen and oxygen atoms in total. The maximum atomic E-state index is 14.8. The monoisotopic (exact) mass is 468 g/mol. The Kier molecular flexibility index (Phi) is 5.76. The van der Waals surface area contributed by atoms with Crippen LogP contribution < -0.4 is 15.0 Å². The van der Waals surface area contributed by atoms with Crippen LogP contribution in [0.25, 0.3) is 0 Å². The molecule has 2 aliphatic heterocycles. The average molecular weight is 469 g/mol. The summed E-state index contributed by atoms with van der Waals surface area (Å²) >= 11 is 0. The van der Waals surface area contributed by atoms with Gasteiger partial charge in [0, 0.05) is 43.0 Å². The Labute approximate surface area is 209 Å². The van der Waals surface area contributed by atoms with E-state index in [0.717, 1.165) is 54.2 Å². The van der Waals surface area contributed by atoms with Crippen molar-refractivity contribution in [2.24, 2.45) is 0 Å². The number of carbonyl (C=O) groups is 1. The Morgan fingerprint density at radius 1 is 0.857 bits per heavy atom. The van der Waals surface area contributed by atoms with Crippen LogP contribution in [-0.4, -0.2) is 37.6 Å². The molecule has 4 heteroatoms. The van der Waals surface area contributed by atoms with E-state index in [9.17, 15) is 4.79 Å². The van der Waals surface area contributed by atoms with Crippen molar-refractivity contribution in [2.75, 3.05) is 31.1 Å². The summed E-state index contributed by atoms with van der Waals surface area (Å²) in [5.74, 6) is 0.956. The van der Waals surface area contributed by atoms with Gasteiger partial charge in [0.2, 0.25) is 0 Å². The van der Waals surface area contributed by atoms with Gasteiger partial charge in [-0.3, -0.25) is 4.79 Å². The normalized spacial score (nSPS) is 20.9. The first kappa shape index (κ1) is 23.6. The lowest BCUT2D eigenvalue weighted by Gasteiger charge is -2.41. The largest absolute Gasteiger partial charge is 0.485 e. The number of nitrogens with zero attached hydrogens (tertiary/aromatic N) is 1. The second-order valence-electron chi connectivity index (χ2n) is 10.6. The fourth-order valence-electron chi connectivity index (χ4n) is 6.30. The molecule has 0 aromatic heterocycles. The highest BCUT2D eigenvalue weighted by Gasteiger charge is 2.62. The van der Waals surface area contributed by atoms with E-state index < -0.39 is 11.0 Å². The van der Waals surface area contributed by atoms with Crippen molar-refractivity contribution in [3.63, 3.8) is 0 Å². The van der Waals surface area contributed by atoms with Crippen molar-refractivity contribution < 1.29 is 9.53 Å². The number of fused-ring (bicyclic) bond motifs is 1. The highest BCUT2D eigenvalue weighted by atomic mass is 16.5. The summed E-state index contributed by atoms with van der Waals surface area (Å²) in [7, 11) is 0. The number of aryl methyl sites for hydroxylation is 1. The lowest BCUT2D eigenvalue weighted by molar-refractivity contribution is 0.0541. The van der Waals surface area contributed by atoms with Gasteiger partial charge in [-0.25, -0.2) is 0 Å². The van der Waals surface area contributed by atoms with Gasteiger partial charge in [0.15, 0.2) is 5.78 Å². The fraction of sp³-hybridized carbons (Fsp3) is 0.387. The summed E-state index contributed by atoms with van der Waals surface area (Å²) in [5, 5.41) is 3.47. The minimum Gasteiger partial charge on any atom is -0.485 e. The summed E-state index contributed by atoms with van der Waals surface area (Å²) in [6.07, 6.45) is 0. The SMILES string of the molecule is Cc1ccc(C2(C(=O)c3ccccc3)c3c(C)c(N4CCNCC4)c(C)c(C)c3OC2(C)C)cc1. The number of carbonyl (C=O) groups excluding carboxylic acids is 1. The summed E-state index contributed by atoms with van der Waals surface area (Å²) in [6, 6.07) is 18.2. The second kappa shape index (κ2) is 8.53. The van der Waals surface area contributed by atoms with Gasteiger partial charge < -0.3 is 15.0 Å². The van der Waals surface area contributed by atoms with Crippen molar-refractivity contribution in [3.8, 4) is 5.75 Å². The first-order valence-electron chi connectivity index (χ1n) is 12.7. The zero-order chi connectivity index (χ0) is 25.0. The van der Waals surface area contributed by atoms with E-state index in [4.69, 9.17) is 4.74 Å². The number of anilines is 1. The Hall–Kier alpha value is -3.11. The third kappa shape index (κ3) is 3.41. The number of benzene rings is 3. The van der Waals surface area contributed by atoms with Gasteiger partial charge in [-0.15, -0.1) is 0 Å². The molecule has 1 N–H and O–H groups in total. The van der Waals surface area contributed by atoms with Crippen LogP contribution in [0.4, 0.5) is 5.69 Å². The van der Waals surface area contributed by atoms with Gasteiger partial charge >= 0.3 is 0 Å². The van der Waals surface area contributed by atoms with E-state index in [1.807, 2.05) is 30.3 Å². The van der Waals surface area contributed by atoms with Crippen LogP contribution in [0.1, 0.15) is 57.6 Å². The number of hydrogen-bond donors (Lipinski definition) is 1. The molecule has 1 saturated heterocycles. The summed E-state index contributed by atoms with van der Waals surface area (Å²) < 4.78 is 6.82. The van der Waals surface area contributed by atoms with E-state index in [-0.39, 0.29) is 5.78 Å². The average Bonchev–Trinajstić information content (AvgIpc) is 3.12. The second-order valence-corrected chi connectivity index (χ2v) is 10.6. The molecule has 0 aliphatic carbocycles. The van der Waals surface area contributed by atoms with E-state index in [1.165, 1.54) is 16.8 Å². The molecular formula is C31H36N2O2. The number of ether oxygens (including phenoxy) is 1. The Bertz CT molecular complexity index is 1270. The fourth-order valence-corrected chi connectivity index (χ4v) is 6.30. The molecule has 0 bridgehead atoms. The van der Waals surface area contributed by atoms with Gasteiger partial charge in [0.25, 0.3) is 0 Å². The molecule has 1 fully saturated rings. The topological polar surface area (TPSA) is 41.6 Å². The Morgan fingerprint density at radius 2 is 1.49 bits per heavy atom. The summed E-state index contributed by atoms with van der Waals surface area (Å²) in [4.78, 5) is 17.2. The first-order chi connectivity index (χ1) is 16.7. The van der Waals surface area contributed by atoms with Crippen LogP contribution in [0, 0.1) is 27.7 Å². The van der Waals surface area contributed by atoms with Crippen molar-refractivity contribution in [1.82, 2.24) is 5.32 Å². The number of nitrogens with one attached hydrogen (secondary N) is 1. The lowest BCUT2D eigenvalue weighted by atomic mass is 9.60. The van der Waals surface area contributed by atoms with Gasteiger partial charge in [-0.05, 0) is 63.8 Å².